The first-order valence-electron chi connectivity index (χ1n) is 5.79. The summed E-state index contributed by atoms with van der Waals surface area (Å²) < 4.78 is 83.9. The molecule has 0 unspecified atom stereocenters. The lowest BCUT2D eigenvalue weighted by molar-refractivity contribution is -0.0441. The van der Waals surface area contributed by atoms with Gasteiger partial charge in [0.25, 0.3) is 10.0 Å². The second-order valence-electron chi connectivity index (χ2n) is 4.46. The normalized spacial score (nSPS) is 13.5. The number of hydrogen-bond acceptors (Lipinski definition) is 4. The monoisotopic (exact) mass is 353 g/mol. The Morgan fingerprint density at radius 1 is 0.909 bits per heavy atom. The topological polar surface area (TPSA) is 80.3 Å². The summed E-state index contributed by atoms with van der Waals surface area (Å²) in [5, 5.41) is 0.627. The highest BCUT2D eigenvalue weighted by atomic mass is 32.3. The van der Waals surface area contributed by atoms with Crippen molar-refractivity contribution in [2.75, 3.05) is 0 Å². The van der Waals surface area contributed by atoms with Crippen LogP contribution in [0.3, 0.4) is 0 Å². The lowest BCUT2D eigenvalue weighted by atomic mass is 10.1. The van der Waals surface area contributed by atoms with Gasteiger partial charge in [-0.1, -0.05) is 34.5 Å². The minimum Gasteiger partial charge on any atom is -0.206 e. The number of hydrogen-bond donors (Lipinski definition) is 1. The average Bonchev–Trinajstić information content (AvgIpc) is 2.36. The predicted molar refractivity (Wildman–Crippen MR) is 74.0 cm³/mol. The quantitative estimate of drug-likeness (QED) is 0.918. The Labute approximate surface area is 124 Å². The van der Waals surface area contributed by atoms with E-state index in [1.807, 2.05) is 0 Å². The van der Waals surface area contributed by atoms with Gasteiger partial charge in [-0.05, 0) is 23.9 Å². The molecule has 0 atom stereocenters. The Hall–Kier alpha value is -1.65. The Bertz CT molecular complexity index is 934. The molecule has 22 heavy (non-hydrogen) atoms. The van der Waals surface area contributed by atoms with Crippen molar-refractivity contribution in [3.05, 3.63) is 42.0 Å². The van der Waals surface area contributed by atoms with Crippen molar-refractivity contribution in [2.24, 2.45) is 0 Å². The molecule has 0 aliphatic heterocycles. The Balaban J connectivity index is 2.64. The fraction of sp³-hybridized carbons (Fsp3) is 0.167. The van der Waals surface area contributed by atoms with Crippen molar-refractivity contribution < 1.29 is 30.0 Å². The fourth-order valence-electron chi connectivity index (χ4n) is 1.89. The molecule has 10 heteroatoms. The van der Waals surface area contributed by atoms with Crippen LogP contribution < -0.4 is 4.13 Å². The molecule has 0 heterocycles. The minimum atomic E-state index is -6.02. The summed E-state index contributed by atoms with van der Waals surface area (Å²) in [4.78, 5) is -0.540. The molecule has 2 aromatic carbocycles. The molecule has 1 N–H and O–H groups in total. The van der Waals surface area contributed by atoms with Crippen LogP contribution in [0.5, 0.6) is 0 Å². The molecule has 2 aromatic rings. The van der Waals surface area contributed by atoms with Crippen molar-refractivity contribution in [3.8, 4) is 0 Å². The van der Waals surface area contributed by atoms with E-state index in [4.69, 9.17) is 0 Å². The maximum Gasteiger partial charge on any atom is 0.512 e. The van der Waals surface area contributed by atoms with Gasteiger partial charge in [0.05, 0.1) is 4.90 Å². The number of fused-ring (bicyclic) bond motifs is 1. The minimum absolute atomic E-state index is 0.132. The molecule has 0 aromatic heterocycles. The van der Waals surface area contributed by atoms with Gasteiger partial charge in [-0.15, -0.1) is 0 Å². The standard InChI is InChI=1S/C12H10F3NO4S2/c1-8-6-7-11(10-5-3-2-4-9(8)10)21(17,18)16-22(19,20)12(13,14)15/h2-7,16H,1H3. The molecule has 0 aliphatic carbocycles. The number of benzene rings is 2. The molecule has 0 saturated heterocycles. The molecule has 0 aliphatic rings. The fourth-order valence-corrected chi connectivity index (χ4v) is 4.50. The SMILES string of the molecule is Cc1ccc(S(=O)(=O)NS(=O)(=O)C(F)(F)F)c2ccccc12. The van der Waals surface area contributed by atoms with E-state index in [0.29, 0.717) is 10.9 Å². The second kappa shape index (κ2) is 5.21. The van der Waals surface area contributed by atoms with Gasteiger partial charge in [-0.25, -0.2) is 16.8 Å². The third-order valence-electron chi connectivity index (χ3n) is 2.92. The van der Waals surface area contributed by atoms with Gasteiger partial charge in [0.2, 0.25) is 0 Å². The van der Waals surface area contributed by atoms with Crippen LogP contribution in [0.1, 0.15) is 5.56 Å². The molecule has 0 fully saturated rings. The molecule has 120 valence electrons. The number of alkyl halides is 3. The number of aryl methyl sites for hydroxylation is 1. The Morgan fingerprint density at radius 3 is 2.00 bits per heavy atom. The van der Waals surface area contributed by atoms with Crippen molar-refractivity contribution in [2.45, 2.75) is 17.3 Å². The van der Waals surface area contributed by atoms with Crippen LogP contribution in [0.25, 0.3) is 10.8 Å². The zero-order valence-corrected chi connectivity index (χ0v) is 12.7. The van der Waals surface area contributed by atoms with Crippen LogP contribution in [-0.2, 0) is 20.0 Å². The maximum absolute atomic E-state index is 12.3. The van der Waals surface area contributed by atoms with Crippen LogP contribution in [0.4, 0.5) is 13.2 Å². The van der Waals surface area contributed by atoms with Crippen LogP contribution in [-0.4, -0.2) is 22.3 Å². The molecular formula is C12H10F3NO4S2. The summed E-state index contributed by atoms with van der Waals surface area (Å²) in [6.07, 6.45) is 0. The van der Waals surface area contributed by atoms with E-state index in [2.05, 4.69) is 0 Å². The van der Waals surface area contributed by atoms with E-state index < -0.39 is 30.5 Å². The second-order valence-corrected chi connectivity index (χ2v) is 8.05. The molecule has 5 nitrogen and oxygen atoms in total. The van der Waals surface area contributed by atoms with Crippen LogP contribution >= 0.6 is 0 Å². The van der Waals surface area contributed by atoms with Gasteiger partial charge in [-0.2, -0.15) is 13.2 Å². The maximum atomic E-state index is 12.3. The van der Waals surface area contributed by atoms with Gasteiger partial charge < -0.3 is 0 Å². The van der Waals surface area contributed by atoms with E-state index in [9.17, 15) is 30.0 Å². The molecule has 2 rings (SSSR count). The van der Waals surface area contributed by atoms with Crippen molar-refractivity contribution in [1.29, 1.82) is 0 Å². The zero-order chi connectivity index (χ0) is 16.8. The van der Waals surface area contributed by atoms with Crippen molar-refractivity contribution >= 4 is 30.8 Å². The molecule has 0 radical (unpaired) electrons. The summed E-state index contributed by atoms with van der Waals surface area (Å²) >= 11 is 0. The summed E-state index contributed by atoms with van der Waals surface area (Å²) in [6.45, 7) is 1.69. The first-order valence-corrected chi connectivity index (χ1v) is 8.75. The van der Waals surface area contributed by atoms with Crippen LogP contribution in [0, 0.1) is 6.92 Å². The molecule has 0 saturated carbocycles. The van der Waals surface area contributed by atoms with Gasteiger partial charge in [-0.3, -0.25) is 0 Å². The summed E-state index contributed by atoms with van der Waals surface area (Å²) in [6, 6.07) is 8.55. The third kappa shape index (κ3) is 2.94. The number of nitrogens with one attached hydrogen (secondary N) is 1. The number of rotatable bonds is 3. The first kappa shape index (κ1) is 16.7. The van der Waals surface area contributed by atoms with Gasteiger partial charge in [0.15, 0.2) is 0 Å². The molecule has 0 amide bonds. The number of sulfonamides is 2. The Morgan fingerprint density at radius 2 is 1.45 bits per heavy atom. The summed E-state index contributed by atoms with van der Waals surface area (Å²) in [5.74, 6) is 0. The van der Waals surface area contributed by atoms with E-state index in [0.717, 1.165) is 10.2 Å². The lowest BCUT2D eigenvalue weighted by Crippen LogP contribution is -2.40. The average molecular weight is 353 g/mol. The highest BCUT2D eigenvalue weighted by Crippen LogP contribution is 2.28. The van der Waals surface area contributed by atoms with Gasteiger partial charge >= 0.3 is 15.5 Å². The van der Waals surface area contributed by atoms with Crippen molar-refractivity contribution in [1.82, 2.24) is 4.13 Å². The molecule has 0 spiro atoms. The molecular weight excluding hydrogens is 343 g/mol. The first-order chi connectivity index (χ1) is 9.96. The Kier molecular flexibility index (Phi) is 3.96. The van der Waals surface area contributed by atoms with E-state index >= 15 is 0 Å². The van der Waals surface area contributed by atoms with E-state index in [1.165, 1.54) is 18.2 Å². The van der Waals surface area contributed by atoms with Crippen LogP contribution in [0.15, 0.2) is 41.3 Å². The predicted octanol–water partition coefficient (Wildman–Crippen LogP) is 2.28. The zero-order valence-electron chi connectivity index (χ0n) is 11.0. The van der Waals surface area contributed by atoms with Gasteiger partial charge in [0, 0.05) is 5.39 Å². The number of halogens is 3. The largest absolute Gasteiger partial charge is 0.512 e. The summed E-state index contributed by atoms with van der Waals surface area (Å²) in [7, 11) is -10.9. The van der Waals surface area contributed by atoms with Crippen molar-refractivity contribution in [3.63, 3.8) is 0 Å². The van der Waals surface area contributed by atoms with Crippen LogP contribution in [0.2, 0.25) is 0 Å². The highest BCUT2D eigenvalue weighted by molar-refractivity contribution is 8.05. The van der Waals surface area contributed by atoms with E-state index in [1.54, 1.807) is 19.1 Å². The highest BCUT2D eigenvalue weighted by Gasteiger charge is 2.48. The smallest absolute Gasteiger partial charge is 0.206 e. The van der Waals surface area contributed by atoms with E-state index in [-0.39, 0.29) is 5.39 Å². The van der Waals surface area contributed by atoms with Gasteiger partial charge in [0.1, 0.15) is 0 Å². The summed E-state index contributed by atoms with van der Waals surface area (Å²) in [5.41, 5.74) is -5.02. The third-order valence-corrected chi connectivity index (χ3v) is 6.22. The molecule has 0 bridgehead atoms. The lowest BCUT2D eigenvalue weighted by Gasteiger charge is -2.12.